The summed E-state index contributed by atoms with van der Waals surface area (Å²) < 4.78 is 12.3. The average molecular weight is 286 g/mol. The molecule has 1 atom stereocenters. The van der Waals surface area contributed by atoms with Crippen LogP contribution in [-0.2, 0) is 0 Å². The fraction of sp³-hybridized carbons (Fsp3) is 0.500. The number of nitrogens with two attached hydrogens (primary N) is 1. The summed E-state index contributed by atoms with van der Waals surface area (Å²) >= 11 is 3.61. The van der Waals surface area contributed by atoms with E-state index in [0.29, 0.717) is 25.7 Å². The van der Waals surface area contributed by atoms with Crippen LogP contribution in [0.4, 0.5) is 0 Å². The zero-order valence-corrected chi connectivity index (χ0v) is 11.1. The van der Waals surface area contributed by atoms with E-state index in [9.17, 15) is 0 Å². The minimum atomic E-state index is 0.309. The van der Waals surface area contributed by atoms with Gasteiger partial charge >= 0.3 is 0 Å². The van der Waals surface area contributed by atoms with Gasteiger partial charge in [-0.15, -0.1) is 0 Å². The Kier molecular flexibility index (Phi) is 3.40. The lowest BCUT2D eigenvalue weighted by atomic mass is 9.98. The number of hydrogen-bond donors (Lipinski definition) is 1. The lowest BCUT2D eigenvalue weighted by molar-refractivity contribution is 0.170. The van der Waals surface area contributed by atoms with E-state index in [2.05, 4.69) is 22.9 Å². The minimum Gasteiger partial charge on any atom is -0.486 e. The Labute approximate surface area is 104 Å². The molecule has 0 spiro atoms. The molecule has 1 heterocycles. The molecule has 0 aliphatic carbocycles. The summed E-state index contributed by atoms with van der Waals surface area (Å²) in [6, 6.07) is 2.03. The monoisotopic (exact) mass is 285 g/mol. The van der Waals surface area contributed by atoms with Crippen LogP contribution in [0.1, 0.15) is 24.0 Å². The van der Waals surface area contributed by atoms with Crippen molar-refractivity contribution in [1.29, 1.82) is 0 Å². The number of ether oxygens (including phenoxy) is 2. The second kappa shape index (κ2) is 4.63. The zero-order chi connectivity index (χ0) is 11.7. The summed E-state index contributed by atoms with van der Waals surface area (Å²) in [5.74, 6) is 2.00. The van der Waals surface area contributed by atoms with Gasteiger partial charge in [-0.2, -0.15) is 0 Å². The molecule has 1 aliphatic heterocycles. The van der Waals surface area contributed by atoms with Crippen molar-refractivity contribution in [3.63, 3.8) is 0 Å². The van der Waals surface area contributed by atoms with Crippen LogP contribution >= 0.6 is 15.9 Å². The second-order valence-corrected chi connectivity index (χ2v) is 4.86. The molecule has 2 N–H and O–H groups in total. The molecule has 88 valence electrons. The third kappa shape index (κ3) is 1.92. The number of hydrogen-bond acceptors (Lipinski definition) is 3. The van der Waals surface area contributed by atoms with Gasteiger partial charge in [-0.05, 0) is 31.0 Å². The van der Waals surface area contributed by atoms with E-state index < -0.39 is 0 Å². The van der Waals surface area contributed by atoms with Gasteiger partial charge in [0.15, 0.2) is 11.5 Å². The fourth-order valence-electron chi connectivity index (χ4n) is 1.84. The highest BCUT2D eigenvalue weighted by atomic mass is 79.9. The second-order valence-electron chi connectivity index (χ2n) is 4.07. The number of benzene rings is 1. The van der Waals surface area contributed by atoms with Crippen LogP contribution in [-0.4, -0.2) is 19.8 Å². The van der Waals surface area contributed by atoms with Gasteiger partial charge in [0.1, 0.15) is 13.2 Å². The van der Waals surface area contributed by atoms with Gasteiger partial charge in [0.2, 0.25) is 0 Å². The van der Waals surface area contributed by atoms with Crippen LogP contribution in [0, 0.1) is 6.92 Å². The molecule has 1 aromatic rings. The van der Waals surface area contributed by atoms with Crippen LogP contribution < -0.4 is 15.2 Å². The molecule has 0 saturated carbocycles. The van der Waals surface area contributed by atoms with Crippen LogP contribution in [0.5, 0.6) is 11.5 Å². The average Bonchev–Trinajstić information content (AvgIpc) is 2.33. The Morgan fingerprint density at radius 2 is 2.12 bits per heavy atom. The lowest BCUT2D eigenvalue weighted by Gasteiger charge is -2.24. The predicted octanol–water partition coefficient (Wildman–Crippen LogP) is 2.59. The van der Waals surface area contributed by atoms with E-state index in [1.807, 2.05) is 13.0 Å². The Balaban J connectivity index is 2.52. The SMILES string of the molecule is Cc1c(Br)c(C(C)CN)cc2c1OCCO2. The van der Waals surface area contributed by atoms with Gasteiger partial charge in [0, 0.05) is 10.0 Å². The molecule has 0 fully saturated rings. The third-order valence-corrected chi connectivity index (χ3v) is 3.96. The van der Waals surface area contributed by atoms with E-state index in [1.54, 1.807) is 0 Å². The molecule has 3 nitrogen and oxygen atoms in total. The number of rotatable bonds is 2. The molecule has 0 saturated heterocycles. The minimum absolute atomic E-state index is 0.309. The van der Waals surface area contributed by atoms with Crippen molar-refractivity contribution in [2.45, 2.75) is 19.8 Å². The molecule has 4 heteroatoms. The van der Waals surface area contributed by atoms with Gasteiger partial charge in [-0.3, -0.25) is 0 Å². The normalized spacial score (nSPS) is 16.0. The number of halogens is 1. The molecule has 1 aromatic carbocycles. The van der Waals surface area contributed by atoms with Crippen LogP contribution in [0.3, 0.4) is 0 Å². The third-order valence-electron chi connectivity index (χ3n) is 2.91. The zero-order valence-electron chi connectivity index (χ0n) is 9.55. The van der Waals surface area contributed by atoms with Crippen molar-refractivity contribution in [2.75, 3.05) is 19.8 Å². The van der Waals surface area contributed by atoms with E-state index in [4.69, 9.17) is 15.2 Å². The highest BCUT2D eigenvalue weighted by Crippen LogP contribution is 2.42. The van der Waals surface area contributed by atoms with E-state index in [1.165, 1.54) is 5.56 Å². The Morgan fingerprint density at radius 3 is 2.81 bits per heavy atom. The molecule has 16 heavy (non-hydrogen) atoms. The van der Waals surface area contributed by atoms with Crippen molar-refractivity contribution in [2.24, 2.45) is 5.73 Å². The van der Waals surface area contributed by atoms with Gasteiger partial charge in [-0.25, -0.2) is 0 Å². The smallest absolute Gasteiger partial charge is 0.165 e. The Bertz CT molecular complexity index is 406. The topological polar surface area (TPSA) is 44.5 Å². The van der Waals surface area contributed by atoms with Crippen molar-refractivity contribution >= 4 is 15.9 Å². The van der Waals surface area contributed by atoms with Crippen LogP contribution in [0.25, 0.3) is 0 Å². The highest BCUT2D eigenvalue weighted by Gasteiger charge is 2.21. The first kappa shape index (κ1) is 11.7. The summed E-state index contributed by atoms with van der Waals surface area (Å²) in [6.45, 7) is 5.99. The maximum absolute atomic E-state index is 5.71. The van der Waals surface area contributed by atoms with Crippen LogP contribution in [0.15, 0.2) is 10.5 Å². The molecule has 0 amide bonds. The molecule has 0 radical (unpaired) electrons. The molecule has 1 unspecified atom stereocenters. The summed E-state index contributed by atoms with van der Waals surface area (Å²) in [5, 5.41) is 0. The highest BCUT2D eigenvalue weighted by molar-refractivity contribution is 9.10. The molecule has 2 rings (SSSR count). The predicted molar refractivity (Wildman–Crippen MR) is 67.3 cm³/mol. The first-order valence-electron chi connectivity index (χ1n) is 5.43. The Morgan fingerprint density at radius 1 is 1.44 bits per heavy atom. The van der Waals surface area contributed by atoms with Crippen molar-refractivity contribution in [3.8, 4) is 11.5 Å². The first-order chi connectivity index (χ1) is 7.65. The van der Waals surface area contributed by atoms with Crippen molar-refractivity contribution < 1.29 is 9.47 Å². The van der Waals surface area contributed by atoms with E-state index >= 15 is 0 Å². The van der Waals surface area contributed by atoms with Gasteiger partial charge in [0.05, 0.1) is 0 Å². The largest absolute Gasteiger partial charge is 0.486 e. The van der Waals surface area contributed by atoms with Crippen molar-refractivity contribution in [3.05, 3.63) is 21.7 Å². The molecular weight excluding hydrogens is 270 g/mol. The first-order valence-corrected chi connectivity index (χ1v) is 6.23. The maximum atomic E-state index is 5.71. The number of fused-ring (bicyclic) bond motifs is 1. The Hall–Kier alpha value is -0.740. The lowest BCUT2D eigenvalue weighted by Crippen LogP contribution is -2.18. The van der Waals surface area contributed by atoms with Gasteiger partial charge < -0.3 is 15.2 Å². The summed E-state index contributed by atoms with van der Waals surface area (Å²) in [6.07, 6.45) is 0. The summed E-state index contributed by atoms with van der Waals surface area (Å²) in [4.78, 5) is 0. The fourth-order valence-corrected chi connectivity index (χ4v) is 2.52. The maximum Gasteiger partial charge on any atom is 0.165 e. The van der Waals surface area contributed by atoms with Crippen LogP contribution in [0.2, 0.25) is 0 Å². The van der Waals surface area contributed by atoms with E-state index in [-0.39, 0.29) is 0 Å². The van der Waals surface area contributed by atoms with Gasteiger partial charge in [-0.1, -0.05) is 22.9 Å². The van der Waals surface area contributed by atoms with E-state index in [0.717, 1.165) is 21.5 Å². The summed E-state index contributed by atoms with van der Waals surface area (Å²) in [7, 11) is 0. The van der Waals surface area contributed by atoms with Crippen molar-refractivity contribution in [1.82, 2.24) is 0 Å². The summed E-state index contributed by atoms with van der Waals surface area (Å²) in [5.41, 5.74) is 7.98. The molecule has 1 aliphatic rings. The van der Waals surface area contributed by atoms with Gasteiger partial charge in [0.25, 0.3) is 0 Å². The standard InChI is InChI=1S/C12H16BrNO2/c1-7(6-14)9-5-10-12(8(2)11(9)13)16-4-3-15-10/h5,7H,3-4,6,14H2,1-2H3. The molecule has 0 aromatic heterocycles. The molecule has 0 bridgehead atoms. The quantitative estimate of drug-likeness (QED) is 0.908. The molecular formula is C12H16BrNO2.